The molecule has 14 heavy (non-hydrogen) atoms. The lowest BCUT2D eigenvalue weighted by atomic mass is 9.95. The number of halogens is 1. The third kappa shape index (κ3) is 3.55. The summed E-state index contributed by atoms with van der Waals surface area (Å²) >= 11 is 5.98. The van der Waals surface area contributed by atoms with Gasteiger partial charge >= 0.3 is 0 Å². The van der Waals surface area contributed by atoms with Crippen LogP contribution in [-0.2, 0) is 0 Å². The molecule has 0 spiro atoms. The molecular formula is C13H17Cl. The predicted molar refractivity (Wildman–Crippen MR) is 63.9 cm³/mol. The SMILES string of the molecule is C=CC(Cl)CCC(C)c1ccccc1. The van der Waals surface area contributed by atoms with E-state index in [-0.39, 0.29) is 5.38 Å². The monoisotopic (exact) mass is 208 g/mol. The number of alkyl halides is 1. The standard InChI is InChI=1S/C13H17Cl/c1-3-13(14)10-9-11(2)12-7-5-4-6-8-12/h3-8,11,13H,1,9-10H2,2H3. The van der Waals surface area contributed by atoms with Crippen molar-refractivity contribution in [2.45, 2.75) is 31.1 Å². The Balaban J connectivity index is 2.43. The Labute approximate surface area is 91.6 Å². The van der Waals surface area contributed by atoms with E-state index in [1.807, 2.05) is 6.07 Å². The molecule has 0 aromatic heterocycles. The van der Waals surface area contributed by atoms with Crippen LogP contribution < -0.4 is 0 Å². The van der Waals surface area contributed by atoms with Crippen LogP contribution in [0.4, 0.5) is 0 Å². The third-order valence-electron chi connectivity index (χ3n) is 2.50. The first kappa shape index (κ1) is 11.3. The molecule has 0 fully saturated rings. The molecule has 0 nitrogen and oxygen atoms in total. The van der Waals surface area contributed by atoms with Gasteiger partial charge in [0.2, 0.25) is 0 Å². The van der Waals surface area contributed by atoms with E-state index in [1.165, 1.54) is 5.56 Å². The van der Waals surface area contributed by atoms with Crippen molar-refractivity contribution in [1.29, 1.82) is 0 Å². The van der Waals surface area contributed by atoms with Gasteiger partial charge in [0.1, 0.15) is 0 Å². The molecule has 0 amide bonds. The molecule has 0 N–H and O–H groups in total. The Hall–Kier alpha value is -0.750. The van der Waals surface area contributed by atoms with Crippen molar-refractivity contribution >= 4 is 11.6 Å². The molecule has 0 heterocycles. The minimum atomic E-state index is 0.112. The number of benzene rings is 1. The van der Waals surface area contributed by atoms with Crippen LogP contribution in [-0.4, -0.2) is 5.38 Å². The molecule has 0 aliphatic rings. The van der Waals surface area contributed by atoms with E-state index in [1.54, 1.807) is 6.08 Å². The van der Waals surface area contributed by atoms with E-state index < -0.39 is 0 Å². The summed E-state index contributed by atoms with van der Waals surface area (Å²) in [5, 5.41) is 0.112. The first-order valence-corrected chi connectivity index (χ1v) is 5.49. The van der Waals surface area contributed by atoms with Crippen LogP contribution in [0.3, 0.4) is 0 Å². The number of allylic oxidation sites excluding steroid dienone is 1. The third-order valence-corrected chi connectivity index (χ3v) is 2.90. The molecule has 1 rings (SSSR count). The zero-order valence-electron chi connectivity index (χ0n) is 8.62. The maximum Gasteiger partial charge on any atom is 0.0513 e. The summed E-state index contributed by atoms with van der Waals surface area (Å²) in [5.41, 5.74) is 1.39. The fraction of sp³-hybridized carbons (Fsp3) is 0.385. The molecular weight excluding hydrogens is 192 g/mol. The number of rotatable bonds is 5. The van der Waals surface area contributed by atoms with E-state index >= 15 is 0 Å². The zero-order chi connectivity index (χ0) is 10.4. The van der Waals surface area contributed by atoms with Gasteiger partial charge in [-0.2, -0.15) is 0 Å². The first-order valence-electron chi connectivity index (χ1n) is 5.05. The van der Waals surface area contributed by atoms with Crippen molar-refractivity contribution in [1.82, 2.24) is 0 Å². The lowest BCUT2D eigenvalue weighted by molar-refractivity contribution is 0.643. The largest absolute Gasteiger partial charge is 0.118 e. The molecule has 0 saturated heterocycles. The van der Waals surface area contributed by atoms with Crippen molar-refractivity contribution < 1.29 is 0 Å². The lowest BCUT2D eigenvalue weighted by Gasteiger charge is -2.12. The summed E-state index contributed by atoms with van der Waals surface area (Å²) < 4.78 is 0. The van der Waals surface area contributed by atoms with E-state index in [0.29, 0.717) is 5.92 Å². The van der Waals surface area contributed by atoms with Crippen LogP contribution in [0, 0.1) is 0 Å². The van der Waals surface area contributed by atoms with Crippen LogP contribution in [0.25, 0.3) is 0 Å². The average Bonchev–Trinajstić information content (AvgIpc) is 2.26. The fourth-order valence-corrected chi connectivity index (χ4v) is 1.60. The molecule has 1 aromatic carbocycles. The highest BCUT2D eigenvalue weighted by Gasteiger charge is 2.06. The highest BCUT2D eigenvalue weighted by molar-refractivity contribution is 6.21. The van der Waals surface area contributed by atoms with Gasteiger partial charge in [0, 0.05) is 0 Å². The Morgan fingerprint density at radius 3 is 2.50 bits per heavy atom. The molecule has 0 aliphatic heterocycles. The molecule has 0 radical (unpaired) electrons. The van der Waals surface area contributed by atoms with Gasteiger partial charge < -0.3 is 0 Å². The maximum absolute atomic E-state index is 5.98. The Kier molecular flexibility index (Phi) is 4.75. The maximum atomic E-state index is 5.98. The van der Waals surface area contributed by atoms with Gasteiger partial charge in [0.05, 0.1) is 5.38 Å². The second-order valence-electron chi connectivity index (χ2n) is 3.64. The van der Waals surface area contributed by atoms with E-state index in [0.717, 1.165) is 12.8 Å². The van der Waals surface area contributed by atoms with Gasteiger partial charge in [-0.3, -0.25) is 0 Å². The number of hydrogen-bond donors (Lipinski definition) is 0. The van der Waals surface area contributed by atoms with Gasteiger partial charge in [0.25, 0.3) is 0 Å². The van der Waals surface area contributed by atoms with Crippen molar-refractivity contribution in [3.63, 3.8) is 0 Å². The number of hydrogen-bond acceptors (Lipinski definition) is 0. The molecule has 2 unspecified atom stereocenters. The van der Waals surface area contributed by atoms with E-state index in [4.69, 9.17) is 11.6 Å². The molecule has 1 aromatic rings. The average molecular weight is 209 g/mol. The van der Waals surface area contributed by atoms with Gasteiger partial charge in [0.15, 0.2) is 0 Å². The summed E-state index contributed by atoms with van der Waals surface area (Å²) in [6.45, 7) is 5.92. The fourth-order valence-electron chi connectivity index (χ4n) is 1.48. The molecule has 0 saturated carbocycles. The van der Waals surface area contributed by atoms with Crippen molar-refractivity contribution in [2.75, 3.05) is 0 Å². The second-order valence-corrected chi connectivity index (χ2v) is 4.20. The molecule has 0 aliphatic carbocycles. The summed E-state index contributed by atoms with van der Waals surface area (Å²) in [7, 11) is 0. The first-order chi connectivity index (χ1) is 6.74. The summed E-state index contributed by atoms with van der Waals surface area (Å²) in [6, 6.07) is 10.5. The smallest absolute Gasteiger partial charge is 0.0513 e. The van der Waals surface area contributed by atoms with E-state index in [9.17, 15) is 0 Å². The topological polar surface area (TPSA) is 0 Å². The minimum Gasteiger partial charge on any atom is -0.118 e. The Morgan fingerprint density at radius 1 is 1.29 bits per heavy atom. The second kappa shape index (κ2) is 5.87. The molecule has 0 bridgehead atoms. The van der Waals surface area contributed by atoms with Gasteiger partial charge in [-0.05, 0) is 24.3 Å². The van der Waals surface area contributed by atoms with E-state index in [2.05, 4.69) is 37.8 Å². The summed E-state index contributed by atoms with van der Waals surface area (Å²) in [5.74, 6) is 0.581. The molecule has 1 heteroatoms. The zero-order valence-corrected chi connectivity index (χ0v) is 9.37. The van der Waals surface area contributed by atoms with Crippen LogP contribution in [0.5, 0.6) is 0 Å². The normalized spacial score (nSPS) is 14.7. The summed E-state index contributed by atoms with van der Waals surface area (Å²) in [6.07, 6.45) is 3.92. The van der Waals surface area contributed by atoms with Crippen LogP contribution in [0.2, 0.25) is 0 Å². The Bertz CT molecular complexity index is 266. The van der Waals surface area contributed by atoms with Crippen LogP contribution in [0.1, 0.15) is 31.2 Å². The summed E-state index contributed by atoms with van der Waals surface area (Å²) in [4.78, 5) is 0. The van der Waals surface area contributed by atoms with Crippen molar-refractivity contribution in [2.24, 2.45) is 0 Å². The quantitative estimate of drug-likeness (QED) is 0.498. The minimum absolute atomic E-state index is 0.112. The Morgan fingerprint density at radius 2 is 1.93 bits per heavy atom. The predicted octanol–water partition coefficient (Wildman–Crippen LogP) is 4.36. The van der Waals surface area contributed by atoms with Crippen LogP contribution in [0.15, 0.2) is 43.0 Å². The van der Waals surface area contributed by atoms with Crippen molar-refractivity contribution in [3.8, 4) is 0 Å². The lowest BCUT2D eigenvalue weighted by Crippen LogP contribution is -1.98. The van der Waals surface area contributed by atoms with Crippen molar-refractivity contribution in [3.05, 3.63) is 48.6 Å². The van der Waals surface area contributed by atoms with Gasteiger partial charge in [-0.25, -0.2) is 0 Å². The molecule has 2 atom stereocenters. The van der Waals surface area contributed by atoms with Gasteiger partial charge in [-0.1, -0.05) is 43.3 Å². The highest BCUT2D eigenvalue weighted by atomic mass is 35.5. The van der Waals surface area contributed by atoms with Crippen LogP contribution >= 0.6 is 11.6 Å². The highest BCUT2D eigenvalue weighted by Crippen LogP contribution is 2.22. The molecule has 76 valence electrons. The van der Waals surface area contributed by atoms with Gasteiger partial charge in [-0.15, -0.1) is 18.2 Å².